The minimum atomic E-state index is -4.04. The number of sulfonamides is 1. The molecule has 0 saturated heterocycles. The number of hydrogen-bond donors (Lipinski definition) is 2. The molecule has 144 valence electrons. The van der Waals surface area contributed by atoms with Crippen molar-refractivity contribution in [2.45, 2.75) is 4.90 Å². The zero-order valence-electron chi connectivity index (χ0n) is 13.5. The van der Waals surface area contributed by atoms with Crippen molar-refractivity contribution in [3.63, 3.8) is 0 Å². The summed E-state index contributed by atoms with van der Waals surface area (Å²) in [5.74, 6) is -3.00. The quantitative estimate of drug-likeness (QED) is 0.670. The molecule has 2 aromatic carbocycles. The maximum atomic E-state index is 13.0. The summed E-state index contributed by atoms with van der Waals surface area (Å²) in [6, 6.07) is 7.46. The van der Waals surface area contributed by atoms with Crippen LogP contribution in [0.15, 0.2) is 47.4 Å². The van der Waals surface area contributed by atoms with Crippen LogP contribution in [0, 0.1) is 11.6 Å². The summed E-state index contributed by atoms with van der Waals surface area (Å²) < 4.78 is 56.3. The van der Waals surface area contributed by atoms with Gasteiger partial charge in [0.2, 0.25) is 10.0 Å². The van der Waals surface area contributed by atoms with E-state index in [1.807, 2.05) is 4.72 Å². The topological polar surface area (TPSA) is 102 Å². The van der Waals surface area contributed by atoms with Crippen LogP contribution in [0.3, 0.4) is 0 Å². The Balaban J connectivity index is 1.80. The first kappa shape index (κ1) is 20.7. The van der Waals surface area contributed by atoms with Crippen molar-refractivity contribution in [1.29, 1.82) is 0 Å². The van der Waals surface area contributed by atoms with Crippen LogP contribution in [0.1, 0.15) is 0 Å². The molecule has 2 rings (SSSR count). The monoisotopic (exact) mass is 418 g/mol. The number of halogens is 3. The fraction of sp³-hybridized carbons (Fsp3) is 0.125. The third kappa shape index (κ3) is 6.27. The Hall–Kier alpha value is -2.56. The highest BCUT2D eigenvalue weighted by Crippen LogP contribution is 2.19. The van der Waals surface area contributed by atoms with E-state index in [-0.39, 0.29) is 15.6 Å². The lowest BCUT2D eigenvalue weighted by Gasteiger charge is -2.08. The molecule has 27 heavy (non-hydrogen) atoms. The number of anilines is 1. The second-order valence-corrected chi connectivity index (χ2v) is 7.29. The van der Waals surface area contributed by atoms with E-state index < -0.39 is 46.7 Å². The Morgan fingerprint density at radius 2 is 1.74 bits per heavy atom. The fourth-order valence-electron chi connectivity index (χ4n) is 1.82. The number of carbonyl (C=O) groups excluding carboxylic acids is 2. The molecule has 0 aliphatic heterocycles. The number of esters is 1. The van der Waals surface area contributed by atoms with Crippen molar-refractivity contribution >= 4 is 39.2 Å². The van der Waals surface area contributed by atoms with Gasteiger partial charge in [0.25, 0.3) is 5.91 Å². The van der Waals surface area contributed by atoms with Gasteiger partial charge in [0.1, 0.15) is 18.2 Å². The highest BCUT2D eigenvalue weighted by molar-refractivity contribution is 7.89. The van der Waals surface area contributed by atoms with Crippen LogP contribution in [-0.4, -0.2) is 33.4 Å². The van der Waals surface area contributed by atoms with E-state index in [2.05, 4.69) is 10.1 Å². The lowest BCUT2D eigenvalue weighted by molar-refractivity contribution is -0.146. The van der Waals surface area contributed by atoms with Gasteiger partial charge in [-0.25, -0.2) is 17.2 Å². The van der Waals surface area contributed by atoms with Crippen LogP contribution in [-0.2, 0) is 24.3 Å². The molecule has 2 N–H and O–H groups in total. The van der Waals surface area contributed by atoms with Crippen LogP contribution in [0.5, 0.6) is 0 Å². The summed E-state index contributed by atoms with van der Waals surface area (Å²) in [6.07, 6.45) is 0. The van der Waals surface area contributed by atoms with Crippen LogP contribution >= 0.6 is 11.6 Å². The second-order valence-electron chi connectivity index (χ2n) is 5.12. The Kier molecular flexibility index (Phi) is 6.83. The van der Waals surface area contributed by atoms with Gasteiger partial charge in [-0.15, -0.1) is 0 Å². The molecule has 0 unspecified atom stereocenters. The molecule has 7 nitrogen and oxygen atoms in total. The third-order valence-electron chi connectivity index (χ3n) is 3.10. The van der Waals surface area contributed by atoms with Crippen molar-refractivity contribution in [3.8, 4) is 0 Å². The minimum Gasteiger partial charge on any atom is -0.455 e. The van der Waals surface area contributed by atoms with E-state index in [9.17, 15) is 26.8 Å². The summed E-state index contributed by atoms with van der Waals surface area (Å²) in [4.78, 5) is 23.0. The molecule has 0 aromatic heterocycles. The van der Waals surface area contributed by atoms with Gasteiger partial charge in [0.15, 0.2) is 6.61 Å². The van der Waals surface area contributed by atoms with Gasteiger partial charge in [0, 0.05) is 5.69 Å². The zero-order chi connectivity index (χ0) is 20.0. The number of carbonyl (C=O) groups is 2. The molecule has 0 aliphatic rings. The summed E-state index contributed by atoms with van der Waals surface area (Å²) in [5, 5.41) is 2.13. The molecule has 0 radical (unpaired) electrons. The van der Waals surface area contributed by atoms with E-state index in [0.29, 0.717) is 0 Å². The molecule has 0 spiro atoms. The minimum absolute atomic E-state index is 0.194. The Labute approximate surface area is 158 Å². The number of nitrogens with one attached hydrogen (secondary N) is 2. The first-order chi connectivity index (χ1) is 12.7. The van der Waals surface area contributed by atoms with Crippen LogP contribution < -0.4 is 10.0 Å². The summed E-state index contributed by atoms with van der Waals surface area (Å²) in [7, 11) is -4.04. The normalized spacial score (nSPS) is 11.1. The Morgan fingerprint density at radius 3 is 2.37 bits per heavy atom. The van der Waals surface area contributed by atoms with Crippen LogP contribution in [0.2, 0.25) is 5.02 Å². The van der Waals surface area contributed by atoms with Crippen molar-refractivity contribution in [2.24, 2.45) is 0 Å². The molecule has 0 fully saturated rings. The maximum Gasteiger partial charge on any atom is 0.321 e. The second kappa shape index (κ2) is 8.89. The Morgan fingerprint density at radius 1 is 1.07 bits per heavy atom. The van der Waals surface area contributed by atoms with Gasteiger partial charge in [-0.3, -0.25) is 9.59 Å². The molecule has 0 aliphatic carbocycles. The van der Waals surface area contributed by atoms with Gasteiger partial charge >= 0.3 is 5.97 Å². The molecular weight excluding hydrogens is 406 g/mol. The van der Waals surface area contributed by atoms with Crippen molar-refractivity contribution in [2.75, 3.05) is 18.5 Å². The molecule has 0 heterocycles. The molecule has 2 aromatic rings. The maximum absolute atomic E-state index is 13.0. The Bertz CT molecular complexity index is 952. The van der Waals surface area contributed by atoms with Gasteiger partial charge < -0.3 is 10.1 Å². The predicted octanol–water partition coefficient (Wildman–Crippen LogP) is 2.08. The largest absolute Gasteiger partial charge is 0.455 e. The lowest BCUT2D eigenvalue weighted by atomic mass is 10.3. The zero-order valence-corrected chi connectivity index (χ0v) is 15.1. The molecule has 11 heteroatoms. The molecule has 0 atom stereocenters. The SMILES string of the molecule is O=C(COC(=O)CNS(=O)(=O)c1ccc(F)cc1)Nc1ccc(F)c(Cl)c1. The molecular formula is C16H13ClF2N2O5S. The average Bonchev–Trinajstić information content (AvgIpc) is 2.62. The first-order valence-corrected chi connectivity index (χ1v) is 9.19. The van der Waals surface area contributed by atoms with Gasteiger partial charge in [-0.05, 0) is 42.5 Å². The number of amides is 1. The smallest absolute Gasteiger partial charge is 0.321 e. The number of hydrogen-bond acceptors (Lipinski definition) is 5. The number of benzene rings is 2. The first-order valence-electron chi connectivity index (χ1n) is 7.33. The van der Waals surface area contributed by atoms with Gasteiger partial charge in [0.05, 0.1) is 9.92 Å². The molecule has 1 amide bonds. The average molecular weight is 419 g/mol. The van der Waals surface area contributed by atoms with Crippen LogP contribution in [0.4, 0.5) is 14.5 Å². The third-order valence-corrected chi connectivity index (χ3v) is 4.80. The standard InChI is InChI=1S/C16H13ClF2N2O5S/c17-13-7-11(3-6-14(13)19)21-15(22)9-26-16(23)8-20-27(24,25)12-4-1-10(18)2-5-12/h1-7,20H,8-9H2,(H,21,22). The fourth-order valence-corrected chi connectivity index (χ4v) is 2.97. The summed E-state index contributed by atoms with van der Waals surface area (Å²) in [6.45, 7) is -1.42. The molecule has 0 saturated carbocycles. The molecule has 0 bridgehead atoms. The van der Waals surface area contributed by atoms with Crippen molar-refractivity contribution < 1.29 is 31.5 Å². The van der Waals surface area contributed by atoms with E-state index in [1.165, 1.54) is 12.1 Å². The van der Waals surface area contributed by atoms with Crippen LogP contribution in [0.25, 0.3) is 0 Å². The van der Waals surface area contributed by atoms with E-state index in [0.717, 1.165) is 30.3 Å². The van der Waals surface area contributed by atoms with Crippen molar-refractivity contribution in [3.05, 3.63) is 59.1 Å². The van der Waals surface area contributed by atoms with E-state index >= 15 is 0 Å². The number of ether oxygens (including phenoxy) is 1. The van der Waals surface area contributed by atoms with Gasteiger partial charge in [-0.2, -0.15) is 4.72 Å². The van der Waals surface area contributed by atoms with Crippen molar-refractivity contribution in [1.82, 2.24) is 4.72 Å². The summed E-state index contributed by atoms with van der Waals surface area (Å²) in [5.41, 5.74) is 0.194. The van der Waals surface area contributed by atoms with E-state index in [1.54, 1.807) is 0 Å². The van der Waals surface area contributed by atoms with E-state index in [4.69, 9.17) is 11.6 Å². The highest BCUT2D eigenvalue weighted by Gasteiger charge is 2.17. The highest BCUT2D eigenvalue weighted by atomic mass is 35.5. The number of rotatable bonds is 7. The summed E-state index contributed by atoms with van der Waals surface area (Å²) >= 11 is 5.57. The lowest BCUT2D eigenvalue weighted by Crippen LogP contribution is -2.32. The predicted molar refractivity (Wildman–Crippen MR) is 92.6 cm³/mol. The van der Waals surface area contributed by atoms with Gasteiger partial charge in [-0.1, -0.05) is 11.6 Å².